The van der Waals surface area contributed by atoms with E-state index in [1.807, 2.05) is 5.38 Å². The molecule has 0 aliphatic carbocycles. The van der Waals surface area contributed by atoms with Gasteiger partial charge in [-0.1, -0.05) is 11.6 Å². The van der Waals surface area contributed by atoms with Crippen LogP contribution >= 0.6 is 22.9 Å². The molecule has 0 saturated carbocycles. The van der Waals surface area contributed by atoms with E-state index in [0.717, 1.165) is 12.1 Å². The van der Waals surface area contributed by atoms with Crippen LogP contribution in [-0.4, -0.2) is 56.4 Å². The molecule has 2 aromatic rings. The number of aliphatic hydroxyl groups is 1. The minimum absolute atomic E-state index is 0.0270. The number of nitrogens with zero attached hydrogens (tertiary/aromatic N) is 3. The van der Waals surface area contributed by atoms with Gasteiger partial charge in [-0.05, 0) is 30.9 Å². The molecule has 0 radical (unpaired) electrons. The predicted octanol–water partition coefficient (Wildman–Crippen LogP) is 1.89. The summed E-state index contributed by atoms with van der Waals surface area (Å²) in [6.45, 7) is 1.42. The van der Waals surface area contributed by atoms with E-state index < -0.39 is 16.1 Å². The first-order valence-corrected chi connectivity index (χ1v) is 11.6. The van der Waals surface area contributed by atoms with E-state index >= 15 is 0 Å². The van der Waals surface area contributed by atoms with E-state index in [9.17, 15) is 13.5 Å². The van der Waals surface area contributed by atoms with E-state index in [4.69, 9.17) is 16.3 Å². The molecule has 1 aliphatic heterocycles. The summed E-state index contributed by atoms with van der Waals surface area (Å²) in [4.78, 5) is 10.3. The lowest BCUT2D eigenvalue weighted by atomic mass is 10.0. The third kappa shape index (κ3) is 5.40. The summed E-state index contributed by atoms with van der Waals surface area (Å²) in [6.07, 6.45) is 1.35. The highest BCUT2D eigenvalue weighted by molar-refractivity contribution is 7.89. The Hall–Kier alpha value is -1.30. The van der Waals surface area contributed by atoms with Gasteiger partial charge >= 0.3 is 0 Å². The average Bonchev–Trinajstić information content (AvgIpc) is 3.35. The molecule has 3 heterocycles. The van der Waals surface area contributed by atoms with E-state index in [1.165, 1.54) is 17.4 Å². The first-order valence-electron chi connectivity index (χ1n) is 8.84. The molecule has 1 saturated heterocycles. The molecule has 28 heavy (non-hydrogen) atoms. The van der Waals surface area contributed by atoms with Crippen molar-refractivity contribution >= 4 is 38.8 Å². The highest BCUT2D eigenvalue weighted by Gasteiger charge is 2.27. The zero-order chi connectivity index (χ0) is 20.1. The minimum atomic E-state index is -4.00. The Labute approximate surface area is 173 Å². The fourth-order valence-electron chi connectivity index (χ4n) is 3.06. The Morgan fingerprint density at radius 2 is 2.32 bits per heavy atom. The van der Waals surface area contributed by atoms with Gasteiger partial charge in [0.2, 0.25) is 0 Å². The van der Waals surface area contributed by atoms with Crippen LogP contribution in [0.2, 0.25) is 5.02 Å². The van der Waals surface area contributed by atoms with E-state index in [2.05, 4.69) is 14.7 Å². The Morgan fingerprint density at radius 3 is 2.96 bits per heavy atom. The number of anilines is 1. The van der Waals surface area contributed by atoms with Crippen molar-refractivity contribution < 1.29 is 18.3 Å². The second-order valence-electron chi connectivity index (χ2n) is 6.76. The Morgan fingerprint density at radius 1 is 1.50 bits per heavy atom. The maximum Gasteiger partial charge on any atom is 0.259 e. The number of sulfonamides is 1. The maximum absolute atomic E-state index is 12.9. The van der Waals surface area contributed by atoms with Crippen molar-refractivity contribution in [2.75, 3.05) is 31.8 Å². The highest BCUT2D eigenvalue weighted by Crippen LogP contribution is 2.25. The van der Waals surface area contributed by atoms with Crippen molar-refractivity contribution in [1.29, 1.82) is 0 Å². The van der Waals surface area contributed by atoms with E-state index in [1.54, 1.807) is 23.5 Å². The van der Waals surface area contributed by atoms with Gasteiger partial charge in [0, 0.05) is 31.7 Å². The number of hydrogen-bond donors (Lipinski definition) is 2. The lowest BCUT2D eigenvalue weighted by Crippen LogP contribution is -2.39. The van der Waals surface area contributed by atoms with Gasteiger partial charge in [0.25, 0.3) is 10.0 Å². The molecule has 2 aromatic heterocycles. The third-order valence-corrected chi connectivity index (χ3v) is 7.03. The van der Waals surface area contributed by atoms with Crippen LogP contribution in [-0.2, 0) is 21.3 Å². The Bertz CT molecular complexity index is 873. The monoisotopic (exact) mass is 446 g/mol. The number of nitrogens with one attached hydrogen (secondary N) is 1. The second kappa shape index (κ2) is 9.47. The molecule has 0 spiro atoms. The maximum atomic E-state index is 12.9. The van der Waals surface area contributed by atoms with Crippen LogP contribution < -0.4 is 9.62 Å². The van der Waals surface area contributed by atoms with Crippen LogP contribution in [0.4, 0.5) is 5.82 Å². The van der Waals surface area contributed by atoms with Gasteiger partial charge in [-0.3, -0.25) is 0 Å². The van der Waals surface area contributed by atoms with Gasteiger partial charge in [0.05, 0.1) is 29.4 Å². The molecule has 0 amide bonds. The smallest absolute Gasteiger partial charge is 0.259 e. The molecular weight excluding hydrogens is 424 g/mol. The molecule has 2 unspecified atom stereocenters. The average molecular weight is 447 g/mol. The molecule has 8 nitrogen and oxygen atoms in total. The summed E-state index contributed by atoms with van der Waals surface area (Å²) in [5.41, 5.74) is 2.61. The molecule has 0 aromatic carbocycles. The van der Waals surface area contributed by atoms with Gasteiger partial charge in [0.1, 0.15) is 5.82 Å². The molecule has 2 N–H and O–H groups in total. The first-order chi connectivity index (χ1) is 13.4. The van der Waals surface area contributed by atoms with E-state index in [-0.39, 0.29) is 22.6 Å². The molecular formula is C17H23ClN4O4S2. The van der Waals surface area contributed by atoms with Crippen molar-refractivity contribution in [2.45, 2.75) is 30.5 Å². The molecule has 3 rings (SSSR count). The van der Waals surface area contributed by atoms with Gasteiger partial charge in [-0.25, -0.2) is 23.1 Å². The fraction of sp³-hybridized carbons (Fsp3) is 0.529. The topological polar surface area (TPSA) is 105 Å². The SMILES string of the molecule is CN(Cc1cscn1)c1ccc(Cl)c(S(=O)(=O)NC(CO)CC2CCOC2)n1. The number of ether oxygens (including phenoxy) is 1. The van der Waals surface area contributed by atoms with Crippen LogP contribution in [0, 0.1) is 5.92 Å². The van der Waals surface area contributed by atoms with E-state index in [0.29, 0.717) is 32.0 Å². The largest absolute Gasteiger partial charge is 0.395 e. The quantitative estimate of drug-likeness (QED) is 0.606. The van der Waals surface area contributed by atoms with Crippen molar-refractivity contribution in [3.05, 3.63) is 33.7 Å². The van der Waals surface area contributed by atoms with Crippen molar-refractivity contribution in [3.63, 3.8) is 0 Å². The van der Waals surface area contributed by atoms with Crippen LogP contribution in [0.15, 0.2) is 28.0 Å². The zero-order valence-electron chi connectivity index (χ0n) is 15.4. The molecule has 0 bridgehead atoms. The summed E-state index contributed by atoms with van der Waals surface area (Å²) in [7, 11) is -2.19. The Kier molecular flexibility index (Phi) is 7.24. The van der Waals surface area contributed by atoms with Crippen LogP contribution in [0.1, 0.15) is 18.5 Å². The van der Waals surface area contributed by atoms with Crippen molar-refractivity contribution in [2.24, 2.45) is 5.92 Å². The normalized spacial score (nSPS) is 18.3. The minimum Gasteiger partial charge on any atom is -0.395 e. The fourth-order valence-corrected chi connectivity index (χ4v) is 5.28. The number of halogens is 1. The number of thiazole rings is 1. The standard InChI is InChI=1S/C17H23ClN4O4S2/c1-22(7-14-10-27-11-19-14)16-3-2-15(18)17(20-16)28(24,25)21-13(8-23)6-12-4-5-26-9-12/h2-3,10-13,21,23H,4-9H2,1H3. The van der Waals surface area contributed by atoms with Crippen LogP contribution in [0.5, 0.6) is 0 Å². The lowest BCUT2D eigenvalue weighted by Gasteiger charge is -2.21. The molecule has 2 atom stereocenters. The summed E-state index contributed by atoms with van der Waals surface area (Å²) in [6, 6.07) is 2.55. The molecule has 154 valence electrons. The summed E-state index contributed by atoms with van der Waals surface area (Å²) in [5, 5.41) is 11.3. The zero-order valence-corrected chi connectivity index (χ0v) is 17.8. The number of aliphatic hydroxyl groups excluding tert-OH is 1. The number of rotatable bonds is 9. The van der Waals surface area contributed by atoms with Gasteiger partial charge in [0.15, 0.2) is 5.03 Å². The number of hydrogen-bond acceptors (Lipinski definition) is 8. The van der Waals surface area contributed by atoms with Gasteiger partial charge in [-0.15, -0.1) is 11.3 Å². The second-order valence-corrected chi connectivity index (χ2v) is 9.51. The van der Waals surface area contributed by atoms with Crippen LogP contribution in [0.25, 0.3) is 0 Å². The van der Waals surface area contributed by atoms with Gasteiger partial charge in [-0.2, -0.15) is 0 Å². The summed E-state index contributed by atoms with van der Waals surface area (Å²) >= 11 is 7.62. The lowest BCUT2D eigenvalue weighted by molar-refractivity contribution is 0.175. The van der Waals surface area contributed by atoms with Gasteiger partial charge < -0.3 is 14.7 Å². The van der Waals surface area contributed by atoms with Crippen LogP contribution in [0.3, 0.4) is 0 Å². The molecule has 11 heteroatoms. The summed E-state index contributed by atoms with van der Waals surface area (Å²) in [5.74, 6) is 0.682. The molecule has 1 aliphatic rings. The first kappa shape index (κ1) is 21.4. The third-order valence-electron chi connectivity index (χ3n) is 4.51. The number of aromatic nitrogens is 2. The van der Waals surface area contributed by atoms with Crippen molar-refractivity contribution in [1.82, 2.24) is 14.7 Å². The Balaban J connectivity index is 1.76. The van der Waals surface area contributed by atoms with Crippen molar-refractivity contribution in [3.8, 4) is 0 Å². The highest BCUT2D eigenvalue weighted by atomic mass is 35.5. The summed E-state index contributed by atoms with van der Waals surface area (Å²) < 4.78 is 33.6. The molecule has 1 fully saturated rings. The number of pyridine rings is 1. The predicted molar refractivity (Wildman–Crippen MR) is 108 cm³/mol.